The van der Waals surface area contributed by atoms with Crippen LogP contribution in [0.3, 0.4) is 0 Å². The first-order valence-corrected chi connectivity index (χ1v) is 7.82. The summed E-state index contributed by atoms with van der Waals surface area (Å²) in [5.41, 5.74) is 0. The second-order valence-corrected chi connectivity index (χ2v) is 5.55. The summed E-state index contributed by atoms with van der Waals surface area (Å²) < 4.78 is 0. The highest BCUT2D eigenvalue weighted by molar-refractivity contribution is 5.78. The maximum absolute atomic E-state index is 12.2. The van der Waals surface area contributed by atoms with E-state index in [-0.39, 0.29) is 5.91 Å². The van der Waals surface area contributed by atoms with Gasteiger partial charge < -0.3 is 4.90 Å². The van der Waals surface area contributed by atoms with Gasteiger partial charge in [0.05, 0.1) is 6.54 Å². The van der Waals surface area contributed by atoms with Gasteiger partial charge in [0.1, 0.15) is 0 Å². The van der Waals surface area contributed by atoms with E-state index in [4.69, 9.17) is 0 Å². The van der Waals surface area contributed by atoms with Crippen LogP contribution in [0.4, 0.5) is 0 Å². The van der Waals surface area contributed by atoms with E-state index in [2.05, 4.69) is 11.5 Å². The second kappa shape index (κ2) is 9.13. The average molecular weight is 266 g/mol. The van der Waals surface area contributed by atoms with Crippen LogP contribution in [0, 0.1) is 5.92 Å². The Hall–Kier alpha value is -0.830. The SMILES string of the molecule is C=CCN(CC(=O)N(CC)CC)CC1CCCCC1. The highest BCUT2D eigenvalue weighted by atomic mass is 16.2. The molecule has 0 saturated heterocycles. The maximum atomic E-state index is 12.2. The summed E-state index contributed by atoms with van der Waals surface area (Å²) in [6.45, 7) is 11.9. The lowest BCUT2D eigenvalue weighted by molar-refractivity contribution is -0.132. The maximum Gasteiger partial charge on any atom is 0.236 e. The topological polar surface area (TPSA) is 23.6 Å². The van der Waals surface area contributed by atoms with Crippen molar-refractivity contribution < 1.29 is 4.79 Å². The molecule has 0 aromatic rings. The molecule has 0 radical (unpaired) electrons. The number of rotatable bonds is 8. The van der Waals surface area contributed by atoms with Crippen molar-refractivity contribution >= 4 is 5.91 Å². The number of carbonyl (C=O) groups excluding carboxylic acids is 1. The van der Waals surface area contributed by atoms with Gasteiger partial charge in [-0.15, -0.1) is 6.58 Å². The first-order chi connectivity index (χ1) is 9.21. The zero-order valence-corrected chi connectivity index (χ0v) is 12.7. The van der Waals surface area contributed by atoms with Gasteiger partial charge in [-0.05, 0) is 32.6 Å². The Balaban J connectivity index is 2.46. The second-order valence-electron chi connectivity index (χ2n) is 5.55. The molecule has 0 aromatic heterocycles. The van der Waals surface area contributed by atoms with E-state index in [1.807, 2.05) is 24.8 Å². The zero-order chi connectivity index (χ0) is 14.1. The van der Waals surface area contributed by atoms with Crippen molar-refractivity contribution in [3.8, 4) is 0 Å². The number of nitrogens with zero attached hydrogens (tertiary/aromatic N) is 2. The van der Waals surface area contributed by atoms with Crippen molar-refractivity contribution in [1.82, 2.24) is 9.80 Å². The van der Waals surface area contributed by atoms with Gasteiger partial charge >= 0.3 is 0 Å². The molecule has 0 aromatic carbocycles. The van der Waals surface area contributed by atoms with Gasteiger partial charge in [-0.2, -0.15) is 0 Å². The fraction of sp³-hybridized carbons (Fsp3) is 0.812. The van der Waals surface area contributed by atoms with E-state index in [0.29, 0.717) is 6.54 Å². The molecule has 3 nitrogen and oxygen atoms in total. The van der Waals surface area contributed by atoms with Crippen molar-refractivity contribution in [3.63, 3.8) is 0 Å². The highest BCUT2D eigenvalue weighted by Gasteiger charge is 2.19. The molecule has 110 valence electrons. The Morgan fingerprint density at radius 2 is 1.84 bits per heavy atom. The van der Waals surface area contributed by atoms with E-state index in [9.17, 15) is 4.79 Å². The van der Waals surface area contributed by atoms with Crippen LogP contribution in [0.1, 0.15) is 46.0 Å². The Bertz CT molecular complexity index is 268. The summed E-state index contributed by atoms with van der Waals surface area (Å²) in [7, 11) is 0. The molecule has 0 heterocycles. The number of hydrogen-bond donors (Lipinski definition) is 0. The quantitative estimate of drug-likeness (QED) is 0.631. The zero-order valence-electron chi connectivity index (χ0n) is 12.7. The molecule has 1 rings (SSSR count). The van der Waals surface area contributed by atoms with Gasteiger partial charge in [0.15, 0.2) is 0 Å². The average Bonchev–Trinajstić information content (AvgIpc) is 2.41. The van der Waals surface area contributed by atoms with Crippen molar-refractivity contribution in [2.75, 3.05) is 32.7 Å². The van der Waals surface area contributed by atoms with Crippen LogP contribution < -0.4 is 0 Å². The minimum Gasteiger partial charge on any atom is -0.342 e. The highest BCUT2D eigenvalue weighted by Crippen LogP contribution is 2.24. The summed E-state index contributed by atoms with van der Waals surface area (Å²) in [4.78, 5) is 16.4. The number of likely N-dealkylation sites (N-methyl/N-ethyl adjacent to an activating group) is 1. The van der Waals surface area contributed by atoms with E-state index in [0.717, 1.165) is 32.1 Å². The first-order valence-electron chi connectivity index (χ1n) is 7.82. The molecule has 0 unspecified atom stereocenters. The molecule has 0 bridgehead atoms. The molecule has 1 saturated carbocycles. The van der Waals surface area contributed by atoms with Crippen LogP contribution in [0.5, 0.6) is 0 Å². The predicted octanol–water partition coefficient (Wildman–Crippen LogP) is 2.92. The van der Waals surface area contributed by atoms with Crippen LogP contribution in [-0.4, -0.2) is 48.4 Å². The third-order valence-corrected chi connectivity index (χ3v) is 4.10. The van der Waals surface area contributed by atoms with Gasteiger partial charge in [-0.1, -0.05) is 25.3 Å². The van der Waals surface area contributed by atoms with Gasteiger partial charge in [0, 0.05) is 26.2 Å². The summed E-state index contributed by atoms with van der Waals surface area (Å²) in [6.07, 6.45) is 8.67. The normalized spacial score (nSPS) is 16.6. The number of hydrogen-bond acceptors (Lipinski definition) is 2. The number of amides is 1. The largest absolute Gasteiger partial charge is 0.342 e. The van der Waals surface area contributed by atoms with Gasteiger partial charge in [0.2, 0.25) is 5.91 Å². The van der Waals surface area contributed by atoms with Crippen LogP contribution in [-0.2, 0) is 4.79 Å². The lowest BCUT2D eigenvalue weighted by Gasteiger charge is -2.30. The fourth-order valence-corrected chi connectivity index (χ4v) is 2.99. The van der Waals surface area contributed by atoms with Gasteiger partial charge in [-0.25, -0.2) is 0 Å². The van der Waals surface area contributed by atoms with E-state index in [1.54, 1.807) is 0 Å². The molecular weight excluding hydrogens is 236 g/mol. The van der Waals surface area contributed by atoms with Crippen LogP contribution in [0.15, 0.2) is 12.7 Å². The lowest BCUT2D eigenvalue weighted by atomic mass is 9.89. The van der Waals surface area contributed by atoms with Crippen LogP contribution in [0.2, 0.25) is 0 Å². The molecule has 19 heavy (non-hydrogen) atoms. The minimum atomic E-state index is 0.252. The number of carbonyl (C=O) groups is 1. The molecule has 1 aliphatic carbocycles. The minimum absolute atomic E-state index is 0.252. The predicted molar refractivity (Wildman–Crippen MR) is 81.1 cm³/mol. The van der Waals surface area contributed by atoms with Gasteiger partial charge in [-0.3, -0.25) is 9.69 Å². The van der Waals surface area contributed by atoms with Crippen LogP contribution in [0.25, 0.3) is 0 Å². The Morgan fingerprint density at radius 3 is 2.37 bits per heavy atom. The Morgan fingerprint density at radius 1 is 1.21 bits per heavy atom. The molecule has 0 spiro atoms. The third kappa shape index (κ3) is 5.77. The van der Waals surface area contributed by atoms with Crippen molar-refractivity contribution in [2.24, 2.45) is 5.92 Å². The van der Waals surface area contributed by atoms with E-state index < -0.39 is 0 Å². The molecule has 1 aliphatic rings. The Labute approximate surface area is 118 Å². The monoisotopic (exact) mass is 266 g/mol. The summed E-state index contributed by atoms with van der Waals surface area (Å²) in [5.74, 6) is 1.03. The molecule has 0 atom stereocenters. The first kappa shape index (κ1) is 16.2. The summed E-state index contributed by atoms with van der Waals surface area (Å²) in [6, 6.07) is 0. The van der Waals surface area contributed by atoms with Crippen molar-refractivity contribution in [3.05, 3.63) is 12.7 Å². The summed E-state index contributed by atoms with van der Waals surface area (Å²) in [5, 5.41) is 0. The van der Waals surface area contributed by atoms with E-state index in [1.165, 1.54) is 32.1 Å². The summed E-state index contributed by atoms with van der Waals surface area (Å²) >= 11 is 0. The standard InChI is InChI=1S/C16H30N2O/c1-4-12-17(13-15-10-8-7-9-11-15)14-16(19)18(5-2)6-3/h4,15H,1,5-14H2,2-3H3. The fourth-order valence-electron chi connectivity index (χ4n) is 2.99. The van der Waals surface area contributed by atoms with E-state index >= 15 is 0 Å². The molecule has 1 amide bonds. The van der Waals surface area contributed by atoms with Gasteiger partial charge in [0.25, 0.3) is 0 Å². The smallest absolute Gasteiger partial charge is 0.236 e. The molecule has 3 heteroatoms. The lowest BCUT2D eigenvalue weighted by Crippen LogP contribution is -2.42. The van der Waals surface area contributed by atoms with Crippen molar-refractivity contribution in [1.29, 1.82) is 0 Å². The van der Waals surface area contributed by atoms with Crippen LogP contribution >= 0.6 is 0 Å². The molecule has 0 N–H and O–H groups in total. The Kier molecular flexibility index (Phi) is 7.80. The molecular formula is C16H30N2O. The third-order valence-electron chi connectivity index (χ3n) is 4.10. The van der Waals surface area contributed by atoms with Crippen molar-refractivity contribution in [2.45, 2.75) is 46.0 Å². The molecule has 1 fully saturated rings. The molecule has 0 aliphatic heterocycles.